The lowest BCUT2D eigenvalue weighted by atomic mass is 9.88. The Kier molecular flexibility index (Phi) is 5.95. The number of nitrogen functional groups attached to an aromatic ring is 2. The van der Waals surface area contributed by atoms with Crippen molar-refractivity contribution in [2.75, 3.05) is 36.6 Å². The predicted molar refractivity (Wildman–Crippen MR) is 125 cm³/mol. The van der Waals surface area contributed by atoms with E-state index in [1.165, 1.54) is 6.07 Å². The van der Waals surface area contributed by atoms with Gasteiger partial charge in [-0.15, -0.1) is 0 Å². The fourth-order valence-electron chi connectivity index (χ4n) is 4.33. The van der Waals surface area contributed by atoms with E-state index in [0.717, 1.165) is 24.2 Å². The minimum Gasteiger partial charge on any atom is -0.496 e. The predicted octanol–water partition coefficient (Wildman–Crippen LogP) is 3.48. The number of aromatic nitrogens is 2. The van der Waals surface area contributed by atoms with Crippen molar-refractivity contribution < 1.29 is 9.66 Å². The molecular weight excluding hydrogens is 422 g/mol. The lowest BCUT2D eigenvalue weighted by Gasteiger charge is -2.34. The molecule has 10 nitrogen and oxygen atoms in total. The molecule has 10 heteroatoms. The highest BCUT2D eigenvalue weighted by atomic mass is 16.6. The van der Waals surface area contributed by atoms with E-state index in [1.807, 2.05) is 29.2 Å². The summed E-state index contributed by atoms with van der Waals surface area (Å²) in [7, 11) is 1.66. The Labute approximate surface area is 190 Å². The van der Waals surface area contributed by atoms with Crippen LogP contribution in [0.1, 0.15) is 29.9 Å². The molecule has 2 heterocycles. The molecule has 0 spiro atoms. The van der Waals surface area contributed by atoms with Gasteiger partial charge in [0.15, 0.2) is 0 Å². The minimum atomic E-state index is -0.425. The number of ether oxygens (including phenoxy) is 1. The quantitative estimate of drug-likeness (QED) is 0.443. The van der Waals surface area contributed by atoms with Crippen LogP contribution >= 0.6 is 0 Å². The first-order valence-corrected chi connectivity index (χ1v) is 10.4. The maximum absolute atomic E-state index is 11.9. The number of nitrogens with zero attached hydrogens (tertiary/aromatic N) is 5. The van der Waals surface area contributed by atoms with E-state index in [0.29, 0.717) is 30.3 Å². The highest BCUT2D eigenvalue weighted by molar-refractivity contribution is 5.78. The van der Waals surface area contributed by atoms with Crippen molar-refractivity contribution in [1.29, 1.82) is 5.26 Å². The Morgan fingerprint density at radius 1 is 1.18 bits per heavy atom. The van der Waals surface area contributed by atoms with Crippen molar-refractivity contribution in [2.45, 2.75) is 18.8 Å². The van der Waals surface area contributed by atoms with Gasteiger partial charge in [-0.3, -0.25) is 10.1 Å². The fraction of sp³-hybridized carbons (Fsp3) is 0.261. The molecular formula is C23H23N7O3. The zero-order valence-corrected chi connectivity index (χ0v) is 18.1. The molecule has 0 amide bonds. The molecule has 1 saturated heterocycles. The molecule has 4 rings (SSSR count). The summed E-state index contributed by atoms with van der Waals surface area (Å²) in [6.07, 6.45) is 1.69. The second kappa shape index (κ2) is 9.00. The summed E-state index contributed by atoms with van der Waals surface area (Å²) in [6.45, 7) is 1.33. The third-order valence-electron chi connectivity index (χ3n) is 5.93. The van der Waals surface area contributed by atoms with E-state index in [4.69, 9.17) is 16.2 Å². The van der Waals surface area contributed by atoms with Crippen LogP contribution in [0.3, 0.4) is 0 Å². The van der Waals surface area contributed by atoms with Gasteiger partial charge in [0.05, 0.1) is 17.7 Å². The van der Waals surface area contributed by atoms with Crippen LogP contribution in [0.25, 0.3) is 11.3 Å². The SMILES string of the molecule is COc1ccccc1C1CCN(c2ccc(-c3nc(N)nc(N)c3C#N)cc2[N+](=O)[O-])CC1. The topological polar surface area (TPSA) is 157 Å². The molecule has 0 aliphatic carbocycles. The normalized spacial score (nSPS) is 14.0. The number of hydrogen-bond acceptors (Lipinski definition) is 9. The van der Waals surface area contributed by atoms with Gasteiger partial charge in [0.2, 0.25) is 5.95 Å². The lowest BCUT2D eigenvalue weighted by Crippen LogP contribution is -2.33. The van der Waals surface area contributed by atoms with Crippen LogP contribution in [-0.4, -0.2) is 35.1 Å². The van der Waals surface area contributed by atoms with E-state index < -0.39 is 4.92 Å². The number of nitro groups is 1. The van der Waals surface area contributed by atoms with Crippen LogP contribution in [0.15, 0.2) is 42.5 Å². The highest BCUT2D eigenvalue weighted by Gasteiger charge is 2.28. The Balaban J connectivity index is 1.63. The van der Waals surface area contributed by atoms with Gasteiger partial charge >= 0.3 is 0 Å². The zero-order valence-electron chi connectivity index (χ0n) is 18.1. The first-order chi connectivity index (χ1) is 15.9. The molecule has 0 bridgehead atoms. The monoisotopic (exact) mass is 445 g/mol. The van der Waals surface area contributed by atoms with Crippen LogP contribution in [0.5, 0.6) is 5.75 Å². The standard InChI is InChI=1S/C23H23N7O3/c1-33-20-5-3-2-4-16(20)14-8-10-29(11-9-14)18-7-6-15(12-19(18)30(31)32)21-17(13-24)22(25)28-23(26)27-21/h2-7,12,14H,8-11H2,1H3,(H4,25,26,27,28). The number of hydrogen-bond donors (Lipinski definition) is 2. The van der Waals surface area contributed by atoms with Crippen molar-refractivity contribution in [3.05, 3.63) is 63.7 Å². The molecule has 1 fully saturated rings. The number of anilines is 3. The lowest BCUT2D eigenvalue weighted by molar-refractivity contribution is -0.384. The van der Waals surface area contributed by atoms with Gasteiger partial charge in [-0.25, -0.2) is 4.98 Å². The molecule has 4 N–H and O–H groups in total. The number of rotatable bonds is 5. The van der Waals surface area contributed by atoms with Gasteiger partial charge in [-0.1, -0.05) is 24.3 Å². The molecule has 1 aromatic heterocycles. The number of methoxy groups -OCH3 is 1. The van der Waals surface area contributed by atoms with Crippen LogP contribution < -0.4 is 21.1 Å². The molecule has 1 aliphatic heterocycles. The van der Waals surface area contributed by atoms with Crippen LogP contribution in [0.2, 0.25) is 0 Å². The second-order valence-corrected chi connectivity index (χ2v) is 7.77. The second-order valence-electron chi connectivity index (χ2n) is 7.77. The average Bonchev–Trinajstić information content (AvgIpc) is 2.83. The molecule has 3 aromatic rings. The summed E-state index contributed by atoms with van der Waals surface area (Å²) >= 11 is 0. The van der Waals surface area contributed by atoms with Gasteiger partial charge in [-0.2, -0.15) is 10.2 Å². The summed E-state index contributed by atoms with van der Waals surface area (Å²) in [5.74, 6) is 1.01. The molecule has 33 heavy (non-hydrogen) atoms. The zero-order chi connectivity index (χ0) is 23.5. The van der Waals surface area contributed by atoms with E-state index in [2.05, 4.69) is 16.0 Å². The van der Waals surface area contributed by atoms with Crippen LogP contribution in [0.4, 0.5) is 23.1 Å². The third kappa shape index (κ3) is 4.21. The average molecular weight is 445 g/mol. The van der Waals surface area contributed by atoms with E-state index in [1.54, 1.807) is 19.2 Å². The molecule has 2 aromatic carbocycles. The van der Waals surface area contributed by atoms with Crippen molar-refractivity contribution in [2.24, 2.45) is 0 Å². The summed E-state index contributed by atoms with van der Waals surface area (Å²) in [4.78, 5) is 21.4. The largest absolute Gasteiger partial charge is 0.496 e. The number of benzene rings is 2. The molecule has 1 aliphatic rings. The van der Waals surface area contributed by atoms with Crippen molar-refractivity contribution >= 4 is 23.1 Å². The molecule has 168 valence electrons. The highest BCUT2D eigenvalue weighted by Crippen LogP contribution is 2.39. The number of nitrogens with two attached hydrogens (primary N) is 2. The van der Waals surface area contributed by atoms with Crippen LogP contribution in [0, 0.1) is 21.4 Å². The third-order valence-corrected chi connectivity index (χ3v) is 5.93. The number of para-hydroxylation sites is 1. The minimum absolute atomic E-state index is 0.0314. The Morgan fingerprint density at radius 3 is 2.58 bits per heavy atom. The fourth-order valence-corrected chi connectivity index (χ4v) is 4.33. The van der Waals surface area contributed by atoms with Gasteiger partial charge in [0, 0.05) is 24.7 Å². The summed E-state index contributed by atoms with van der Waals surface area (Å²) in [6, 6.07) is 14.7. The molecule has 0 radical (unpaired) electrons. The van der Waals surface area contributed by atoms with E-state index in [-0.39, 0.29) is 28.7 Å². The maximum Gasteiger partial charge on any atom is 0.293 e. The van der Waals surface area contributed by atoms with E-state index in [9.17, 15) is 15.4 Å². The summed E-state index contributed by atoms with van der Waals surface area (Å²) in [5.41, 5.74) is 13.7. The van der Waals surface area contributed by atoms with Crippen molar-refractivity contribution in [1.82, 2.24) is 9.97 Å². The number of nitriles is 1. The molecule has 0 saturated carbocycles. The van der Waals surface area contributed by atoms with Crippen molar-refractivity contribution in [3.8, 4) is 23.1 Å². The Hall–Kier alpha value is -4.39. The number of piperidine rings is 1. The first kappa shape index (κ1) is 21.8. The summed E-state index contributed by atoms with van der Waals surface area (Å²) in [5, 5.41) is 21.4. The van der Waals surface area contributed by atoms with Crippen molar-refractivity contribution in [3.63, 3.8) is 0 Å². The number of nitro benzene ring substituents is 1. The van der Waals surface area contributed by atoms with Crippen LogP contribution in [-0.2, 0) is 0 Å². The first-order valence-electron chi connectivity index (χ1n) is 10.4. The van der Waals surface area contributed by atoms with E-state index >= 15 is 0 Å². The molecule has 0 unspecified atom stereocenters. The molecule has 0 atom stereocenters. The Bertz CT molecular complexity index is 1250. The van der Waals surface area contributed by atoms with Gasteiger partial charge in [0.25, 0.3) is 5.69 Å². The smallest absolute Gasteiger partial charge is 0.293 e. The van der Waals surface area contributed by atoms with Gasteiger partial charge < -0.3 is 21.1 Å². The van der Waals surface area contributed by atoms with Gasteiger partial charge in [-0.05, 0) is 36.5 Å². The maximum atomic E-state index is 11.9. The van der Waals surface area contributed by atoms with Gasteiger partial charge in [0.1, 0.15) is 28.9 Å². The summed E-state index contributed by atoms with van der Waals surface area (Å²) < 4.78 is 5.50. The Morgan fingerprint density at radius 2 is 1.91 bits per heavy atom.